The first kappa shape index (κ1) is 33.6. The zero-order valence-electron chi connectivity index (χ0n) is 31.9. The molecule has 0 spiro atoms. The van der Waals surface area contributed by atoms with Crippen LogP contribution < -0.4 is 4.90 Å². The Kier molecular flexibility index (Phi) is 7.77. The summed E-state index contributed by atoms with van der Waals surface area (Å²) >= 11 is 1.88. The van der Waals surface area contributed by atoms with Crippen molar-refractivity contribution in [2.24, 2.45) is 0 Å². The number of benzene rings is 9. The Hall–Kier alpha value is -6.74. The summed E-state index contributed by atoms with van der Waals surface area (Å²) in [5, 5.41) is 5.16. The quantitative estimate of drug-likeness (QED) is 0.164. The maximum absolute atomic E-state index is 2.42. The smallest absolute Gasteiger partial charge is 0.0465 e. The molecule has 0 radical (unpaired) electrons. The lowest BCUT2D eigenvalue weighted by molar-refractivity contribution is 0.660. The molecule has 1 nitrogen and oxygen atoms in total. The zero-order valence-corrected chi connectivity index (χ0v) is 32.7. The summed E-state index contributed by atoms with van der Waals surface area (Å²) in [6.45, 7) is 4.71. The fraction of sp³-hybridized carbons (Fsp3) is 0.0545. The lowest BCUT2D eigenvalue weighted by Crippen LogP contribution is -2.16. The van der Waals surface area contributed by atoms with Crippen LogP contribution in [0.5, 0.6) is 0 Å². The van der Waals surface area contributed by atoms with Crippen molar-refractivity contribution in [1.82, 2.24) is 0 Å². The van der Waals surface area contributed by atoms with Crippen molar-refractivity contribution < 1.29 is 0 Å². The van der Waals surface area contributed by atoms with Gasteiger partial charge in [0.1, 0.15) is 0 Å². The van der Waals surface area contributed by atoms with Crippen LogP contribution in [0.3, 0.4) is 0 Å². The fourth-order valence-corrected chi connectivity index (χ4v) is 10.4. The molecule has 0 aliphatic heterocycles. The van der Waals surface area contributed by atoms with Crippen molar-refractivity contribution >= 4 is 59.3 Å². The van der Waals surface area contributed by atoms with E-state index in [-0.39, 0.29) is 5.41 Å². The van der Waals surface area contributed by atoms with Crippen molar-refractivity contribution in [2.45, 2.75) is 19.3 Å². The van der Waals surface area contributed by atoms with E-state index >= 15 is 0 Å². The highest BCUT2D eigenvalue weighted by molar-refractivity contribution is 7.26. The van der Waals surface area contributed by atoms with Crippen LogP contribution in [0, 0.1) is 0 Å². The summed E-state index contributed by atoms with van der Waals surface area (Å²) in [5.41, 5.74) is 16.1. The van der Waals surface area contributed by atoms with Gasteiger partial charge in [0.2, 0.25) is 0 Å². The predicted octanol–water partition coefficient (Wildman–Crippen LogP) is 16.0. The summed E-state index contributed by atoms with van der Waals surface area (Å²) in [7, 11) is 0. The molecular formula is C55H39NS. The number of hydrogen-bond acceptors (Lipinski definition) is 2. The molecule has 57 heavy (non-hydrogen) atoms. The summed E-state index contributed by atoms with van der Waals surface area (Å²) in [5.74, 6) is 0. The Morgan fingerprint density at radius 3 is 1.77 bits per heavy atom. The van der Waals surface area contributed by atoms with Gasteiger partial charge in [0.05, 0.1) is 0 Å². The van der Waals surface area contributed by atoms with Gasteiger partial charge in [-0.05, 0) is 115 Å². The van der Waals surface area contributed by atoms with Gasteiger partial charge < -0.3 is 4.90 Å². The SMILES string of the molecule is CC1(C)c2ccccc2-c2ccc(N(c3ccc(-c4ccccc4)cc3)c3ccc(-c4ccc5sc6ccccc6c5c4-c4cccc5ccccc45)cc3)cc21. The average Bonchev–Trinajstić information content (AvgIpc) is 3.76. The predicted molar refractivity (Wildman–Crippen MR) is 245 cm³/mol. The molecule has 0 fully saturated rings. The lowest BCUT2D eigenvalue weighted by atomic mass is 9.82. The molecule has 2 heteroatoms. The van der Waals surface area contributed by atoms with Crippen molar-refractivity contribution in [2.75, 3.05) is 4.90 Å². The largest absolute Gasteiger partial charge is 0.310 e. The van der Waals surface area contributed by atoms with Gasteiger partial charge in [-0.3, -0.25) is 0 Å². The maximum Gasteiger partial charge on any atom is 0.0465 e. The van der Waals surface area contributed by atoms with Crippen LogP contribution in [-0.2, 0) is 5.41 Å². The molecule has 0 bridgehead atoms. The Morgan fingerprint density at radius 2 is 0.965 bits per heavy atom. The summed E-state index contributed by atoms with van der Waals surface area (Å²) in [4.78, 5) is 2.42. The van der Waals surface area contributed by atoms with E-state index in [0.717, 1.165) is 17.1 Å². The van der Waals surface area contributed by atoms with E-state index in [1.54, 1.807) is 0 Å². The van der Waals surface area contributed by atoms with Crippen LogP contribution in [0.15, 0.2) is 200 Å². The molecule has 0 saturated heterocycles. The van der Waals surface area contributed by atoms with E-state index in [1.165, 1.54) is 86.6 Å². The van der Waals surface area contributed by atoms with Crippen LogP contribution in [0.25, 0.3) is 75.5 Å². The molecule has 11 rings (SSSR count). The van der Waals surface area contributed by atoms with E-state index < -0.39 is 0 Å². The maximum atomic E-state index is 2.42. The molecule has 9 aromatic carbocycles. The van der Waals surface area contributed by atoms with Crippen LogP contribution in [0.2, 0.25) is 0 Å². The molecular weight excluding hydrogens is 707 g/mol. The van der Waals surface area contributed by atoms with Gasteiger partial charge in [0.25, 0.3) is 0 Å². The number of rotatable bonds is 6. The van der Waals surface area contributed by atoms with Crippen molar-refractivity contribution in [1.29, 1.82) is 0 Å². The molecule has 1 heterocycles. The third-order valence-electron chi connectivity index (χ3n) is 12.1. The lowest BCUT2D eigenvalue weighted by Gasteiger charge is -2.28. The van der Waals surface area contributed by atoms with E-state index in [9.17, 15) is 0 Å². The van der Waals surface area contributed by atoms with E-state index in [1.807, 2.05) is 11.3 Å². The fourth-order valence-electron chi connectivity index (χ4n) is 9.28. The molecule has 1 aliphatic carbocycles. The minimum atomic E-state index is -0.100. The highest BCUT2D eigenvalue weighted by Gasteiger charge is 2.35. The van der Waals surface area contributed by atoms with Crippen LogP contribution in [-0.4, -0.2) is 0 Å². The zero-order chi connectivity index (χ0) is 38.1. The average molecular weight is 746 g/mol. The molecule has 0 N–H and O–H groups in total. The van der Waals surface area contributed by atoms with Gasteiger partial charge in [-0.1, -0.05) is 166 Å². The van der Waals surface area contributed by atoms with Gasteiger partial charge in [-0.2, -0.15) is 0 Å². The summed E-state index contributed by atoms with van der Waals surface area (Å²) < 4.78 is 2.63. The number of nitrogens with zero attached hydrogens (tertiary/aromatic N) is 1. The Balaban J connectivity index is 1.08. The molecule has 10 aromatic rings. The van der Waals surface area contributed by atoms with Crippen LogP contribution >= 0.6 is 11.3 Å². The summed E-state index contributed by atoms with van der Waals surface area (Å²) in [6.07, 6.45) is 0. The van der Waals surface area contributed by atoms with Gasteiger partial charge in [-0.25, -0.2) is 0 Å². The van der Waals surface area contributed by atoms with Gasteiger partial charge in [-0.15, -0.1) is 11.3 Å². The van der Waals surface area contributed by atoms with Crippen LogP contribution in [0.4, 0.5) is 17.1 Å². The first-order valence-corrected chi connectivity index (χ1v) is 20.6. The molecule has 0 atom stereocenters. The summed E-state index contributed by atoms with van der Waals surface area (Å²) in [6, 6.07) is 73.8. The highest BCUT2D eigenvalue weighted by atomic mass is 32.1. The van der Waals surface area contributed by atoms with E-state index in [0.29, 0.717) is 0 Å². The van der Waals surface area contributed by atoms with Crippen molar-refractivity contribution in [3.05, 3.63) is 211 Å². The second-order valence-corrected chi connectivity index (χ2v) is 16.8. The van der Waals surface area contributed by atoms with Crippen LogP contribution in [0.1, 0.15) is 25.0 Å². The monoisotopic (exact) mass is 745 g/mol. The first-order valence-electron chi connectivity index (χ1n) is 19.8. The second-order valence-electron chi connectivity index (χ2n) is 15.7. The molecule has 1 aliphatic rings. The number of hydrogen-bond donors (Lipinski definition) is 0. The highest BCUT2D eigenvalue weighted by Crippen LogP contribution is 2.51. The third-order valence-corrected chi connectivity index (χ3v) is 13.2. The molecule has 0 saturated carbocycles. The Labute approximate surface area is 337 Å². The normalized spacial score (nSPS) is 12.9. The Morgan fingerprint density at radius 1 is 0.386 bits per heavy atom. The Bertz CT molecular complexity index is 3130. The molecule has 0 unspecified atom stereocenters. The minimum Gasteiger partial charge on any atom is -0.310 e. The minimum absolute atomic E-state index is 0.100. The van der Waals surface area contributed by atoms with E-state index in [2.05, 4.69) is 219 Å². The molecule has 0 amide bonds. The van der Waals surface area contributed by atoms with Gasteiger partial charge in [0.15, 0.2) is 0 Å². The number of fused-ring (bicyclic) bond motifs is 7. The van der Waals surface area contributed by atoms with E-state index in [4.69, 9.17) is 0 Å². The molecule has 270 valence electrons. The van der Waals surface area contributed by atoms with Gasteiger partial charge in [0, 0.05) is 42.6 Å². The number of thiophene rings is 1. The first-order chi connectivity index (χ1) is 28.0. The standard InChI is InChI=1S/C55H39NS/c1-55(2)49-21-10-8-18-45(49)46-32-31-42(35-50(46)55)56(40-27-23-37(24-28-40)36-13-4-3-5-14-36)41-29-25-39(26-30-41)44-33-34-52-54(48-19-9-11-22-51(48)57-52)53(44)47-20-12-16-38-15-6-7-17-43(38)47/h3-35H,1-2H3. The number of anilines is 3. The topological polar surface area (TPSA) is 3.24 Å². The molecule has 1 aromatic heterocycles. The second kappa shape index (κ2) is 13.2. The third kappa shape index (κ3) is 5.44. The van der Waals surface area contributed by atoms with Crippen molar-refractivity contribution in [3.63, 3.8) is 0 Å². The van der Waals surface area contributed by atoms with Crippen molar-refractivity contribution in [3.8, 4) is 44.5 Å². The van der Waals surface area contributed by atoms with Gasteiger partial charge >= 0.3 is 0 Å².